The van der Waals surface area contributed by atoms with Crippen LogP contribution < -0.4 is 0 Å². The molecule has 1 rings (SSSR count). The molecule has 0 saturated carbocycles. The lowest BCUT2D eigenvalue weighted by Gasteiger charge is -1.97. The van der Waals surface area contributed by atoms with Crippen molar-refractivity contribution in [2.24, 2.45) is 5.11 Å². The van der Waals surface area contributed by atoms with Gasteiger partial charge in [0.1, 0.15) is 11.8 Å². The number of nitrogens with zero attached hydrogens (tertiary/aromatic N) is 5. The largest absolute Gasteiger partial charge is 0.245 e. The van der Waals surface area contributed by atoms with E-state index in [0.29, 0.717) is 18.7 Å². The molecule has 0 fully saturated rings. The van der Waals surface area contributed by atoms with Crippen molar-refractivity contribution >= 4 is 6.08 Å². The molecule has 1 heterocycles. The maximum atomic E-state index is 8.71. The highest BCUT2D eigenvalue weighted by Crippen LogP contribution is 2.08. The second-order valence-electron chi connectivity index (χ2n) is 3.19. The summed E-state index contributed by atoms with van der Waals surface area (Å²) < 4.78 is 0. The summed E-state index contributed by atoms with van der Waals surface area (Å²) in [6, 6.07) is 3.91. The van der Waals surface area contributed by atoms with Crippen LogP contribution in [0.25, 0.3) is 16.5 Å². The zero-order valence-corrected chi connectivity index (χ0v) is 8.96. The average molecular weight is 213 g/mol. The molecule has 0 atom stereocenters. The Labute approximate surface area is 93.7 Å². The van der Waals surface area contributed by atoms with Crippen molar-refractivity contribution in [2.45, 2.75) is 13.3 Å². The van der Waals surface area contributed by atoms with Crippen LogP contribution in [-0.2, 0) is 0 Å². The maximum Gasteiger partial charge on any atom is 0.143 e. The third-order valence-corrected chi connectivity index (χ3v) is 1.97. The Morgan fingerprint density at radius 3 is 3.12 bits per heavy atom. The standard InChI is InChI=1S/C11H11N5/c1-9-6-10(8-14-11(9)7-12)4-2-3-5-15-16-13/h2,4,6,8H,3,5H2,1H3. The van der Waals surface area contributed by atoms with Gasteiger partial charge in [0.15, 0.2) is 0 Å². The number of aromatic nitrogens is 1. The maximum absolute atomic E-state index is 8.71. The summed E-state index contributed by atoms with van der Waals surface area (Å²) in [7, 11) is 0. The highest BCUT2D eigenvalue weighted by Gasteiger charge is 1.97. The van der Waals surface area contributed by atoms with Crippen LogP contribution in [-0.4, -0.2) is 11.5 Å². The van der Waals surface area contributed by atoms with Crippen LogP contribution in [0, 0.1) is 18.3 Å². The van der Waals surface area contributed by atoms with E-state index in [0.717, 1.165) is 11.1 Å². The van der Waals surface area contributed by atoms with Gasteiger partial charge in [0.25, 0.3) is 0 Å². The fourth-order valence-electron chi connectivity index (χ4n) is 1.20. The number of hydrogen-bond acceptors (Lipinski definition) is 3. The van der Waals surface area contributed by atoms with Gasteiger partial charge in [-0.2, -0.15) is 5.26 Å². The van der Waals surface area contributed by atoms with Crippen LogP contribution >= 0.6 is 0 Å². The summed E-state index contributed by atoms with van der Waals surface area (Å²) in [6.45, 7) is 2.30. The van der Waals surface area contributed by atoms with Crippen LogP contribution in [0.2, 0.25) is 0 Å². The highest BCUT2D eigenvalue weighted by atomic mass is 15.1. The van der Waals surface area contributed by atoms with Crippen LogP contribution in [0.15, 0.2) is 23.5 Å². The van der Waals surface area contributed by atoms with Crippen molar-refractivity contribution in [3.63, 3.8) is 0 Å². The molecule has 0 amide bonds. The lowest BCUT2D eigenvalue weighted by molar-refractivity contribution is 0.995. The van der Waals surface area contributed by atoms with Crippen molar-refractivity contribution in [3.8, 4) is 6.07 Å². The number of azide groups is 1. The molecular weight excluding hydrogens is 202 g/mol. The molecule has 1 aromatic heterocycles. The Morgan fingerprint density at radius 1 is 1.69 bits per heavy atom. The summed E-state index contributed by atoms with van der Waals surface area (Å²) in [6.07, 6.45) is 6.16. The molecule has 5 nitrogen and oxygen atoms in total. The van der Waals surface area contributed by atoms with Gasteiger partial charge in [0, 0.05) is 17.7 Å². The van der Waals surface area contributed by atoms with Gasteiger partial charge in [-0.3, -0.25) is 0 Å². The second kappa shape index (κ2) is 6.23. The van der Waals surface area contributed by atoms with Crippen molar-refractivity contribution in [3.05, 3.63) is 45.6 Å². The summed E-state index contributed by atoms with van der Waals surface area (Å²) >= 11 is 0. The van der Waals surface area contributed by atoms with E-state index in [1.807, 2.05) is 31.2 Å². The van der Waals surface area contributed by atoms with Crippen LogP contribution in [0.1, 0.15) is 23.2 Å². The van der Waals surface area contributed by atoms with E-state index in [2.05, 4.69) is 15.0 Å². The molecule has 16 heavy (non-hydrogen) atoms. The Hall–Kier alpha value is -2.31. The van der Waals surface area contributed by atoms with Gasteiger partial charge in [-0.15, -0.1) is 0 Å². The van der Waals surface area contributed by atoms with Crippen molar-refractivity contribution in [1.82, 2.24) is 4.98 Å². The first-order valence-corrected chi connectivity index (χ1v) is 4.82. The highest BCUT2D eigenvalue weighted by molar-refractivity contribution is 5.50. The minimum atomic E-state index is 0.450. The SMILES string of the molecule is Cc1cc(C=CCCN=[N+]=[N-])cnc1C#N. The molecule has 0 unspecified atom stereocenters. The first-order valence-electron chi connectivity index (χ1n) is 4.82. The Morgan fingerprint density at radius 2 is 2.50 bits per heavy atom. The minimum absolute atomic E-state index is 0.450. The zero-order chi connectivity index (χ0) is 11.8. The molecule has 0 aromatic carbocycles. The number of pyridine rings is 1. The van der Waals surface area contributed by atoms with E-state index >= 15 is 0 Å². The van der Waals surface area contributed by atoms with E-state index in [-0.39, 0.29) is 0 Å². The molecule has 1 aromatic rings. The van der Waals surface area contributed by atoms with Gasteiger partial charge >= 0.3 is 0 Å². The van der Waals surface area contributed by atoms with Gasteiger partial charge in [0.2, 0.25) is 0 Å². The molecule has 0 aliphatic rings. The normalized spacial score (nSPS) is 9.75. The lowest BCUT2D eigenvalue weighted by atomic mass is 10.1. The fourth-order valence-corrected chi connectivity index (χ4v) is 1.20. The molecular formula is C11H11N5. The summed E-state index contributed by atoms with van der Waals surface area (Å²) in [5, 5.41) is 12.1. The van der Waals surface area contributed by atoms with E-state index in [1.54, 1.807) is 6.20 Å². The molecule has 80 valence electrons. The van der Waals surface area contributed by atoms with Gasteiger partial charge in [-0.1, -0.05) is 17.3 Å². The molecule has 0 bridgehead atoms. The Bertz CT molecular complexity index is 478. The number of nitriles is 1. The molecule has 0 spiro atoms. The predicted molar refractivity (Wildman–Crippen MR) is 61.4 cm³/mol. The lowest BCUT2D eigenvalue weighted by Crippen LogP contribution is -1.88. The Balaban J connectivity index is 2.65. The molecule has 0 saturated heterocycles. The van der Waals surface area contributed by atoms with E-state index in [4.69, 9.17) is 10.8 Å². The van der Waals surface area contributed by atoms with E-state index in [1.165, 1.54) is 0 Å². The van der Waals surface area contributed by atoms with Crippen molar-refractivity contribution in [1.29, 1.82) is 5.26 Å². The van der Waals surface area contributed by atoms with Gasteiger partial charge < -0.3 is 0 Å². The topological polar surface area (TPSA) is 85.4 Å². The van der Waals surface area contributed by atoms with Crippen LogP contribution in [0.3, 0.4) is 0 Å². The van der Waals surface area contributed by atoms with E-state index < -0.39 is 0 Å². The van der Waals surface area contributed by atoms with Gasteiger partial charge in [-0.05, 0) is 36.1 Å². The van der Waals surface area contributed by atoms with Crippen molar-refractivity contribution in [2.75, 3.05) is 6.54 Å². The third kappa shape index (κ3) is 3.45. The van der Waals surface area contributed by atoms with Gasteiger partial charge in [-0.25, -0.2) is 4.98 Å². The summed E-state index contributed by atoms with van der Waals surface area (Å²) in [4.78, 5) is 6.68. The summed E-state index contributed by atoms with van der Waals surface area (Å²) in [5.41, 5.74) is 10.3. The van der Waals surface area contributed by atoms with Crippen LogP contribution in [0.5, 0.6) is 0 Å². The van der Waals surface area contributed by atoms with Gasteiger partial charge in [0.05, 0.1) is 0 Å². The minimum Gasteiger partial charge on any atom is -0.245 e. The molecule has 0 aliphatic heterocycles. The number of rotatable bonds is 4. The first-order chi connectivity index (χ1) is 7.77. The molecule has 0 N–H and O–H groups in total. The van der Waals surface area contributed by atoms with E-state index in [9.17, 15) is 0 Å². The Kier molecular flexibility index (Phi) is 4.58. The predicted octanol–water partition coefficient (Wildman–Crippen LogP) is 2.98. The third-order valence-electron chi connectivity index (χ3n) is 1.97. The number of aryl methyl sites for hydroxylation is 1. The average Bonchev–Trinajstić information content (AvgIpc) is 2.29. The quantitative estimate of drug-likeness (QED) is 0.333. The first kappa shape index (κ1) is 11.8. The fraction of sp³-hybridized carbons (Fsp3) is 0.273. The molecule has 0 aliphatic carbocycles. The smallest absolute Gasteiger partial charge is 0.143 e. The second-order valence-corrected chi connectivity index (χ2v) is 3.19. The number of hydrogen-bond donors (Lipinski definition) is 0. The molecule has 0 radical (unpaired) electrons. The molecule has 5 heteroatoms. The van der Waals surface area contributed by atoms with Crippen molar-refractivity contribution < 1.29 is 0 Å². The monoisotopic (exact) mass is 213 g/mol. The zero-order valence-electron chi connectivity index (χ0n) is 8.96. The summed E-state index contributed by atoms with van der Waals surface area (Å²) in [5.74, 6) is 0. The van der Waals surface area contributed by atoms with Crippen LogP contribution in [0.4, 0.5) is 0 Å².